The summed E-state index contributed by atoms with van der Waals surface area (Å²) in [4.78, 5) is 4.35. The van der Waals surface area contributed by atoms with Crippen molar-refractivity contribution in [3.63, 3.8) is 0 Å². The molecule has 5 nitrogen and oxygen atoms in total. The molecule has 114 valence electrons. The van der Waals surface area contributed by atoms with E-state index in [1.807, 2.05) is 25.9 Å². The molecule has 1 fully saturated rings. The average Bonchev–Trinajstić information content (AvgIpc) is 2.83. The van der Waals surface area contributed by atoms with Crippen molar-refractivity contribution < 1.29 is 4.74 Å². The molecule has 0 bridgehead atoms. The molecule has 1 aromatic heterocycles. The van der Waals surface area contributed by atoms with Gasteiger partial charge in [0.1, 0.15) is 12.2 Å². The molecule has 1 saturated carbocycles. The van der Waals surface area contributed by atoms with Crippen molar-refractivity contribution in [3.05, 3.63) is 12.2 Å². The van der Waals surface area contributed by atoms with Crippen LogP contribution in [0.4, 0.5) is 0 Å². The van der Waals surface area contributed by atoms with Gasteiger partial charge in [-0.3, -0.25) is 4.68 Å². The molecule has 0 spiro atoms. The largest absolute Gasteiger partial charge is 0.377 e. The van der Waals surface area contributed by atoms with Crippen molar-refractivity contribution in [2.45, 2.75) is 57.6 Å². The van der Waals surface area contributed by atoms with Crippen molar-refractivity contribution in [2.75, 3.05) is 14.2 Å². The lowest BCUT2D eigenvalue weighted by molar-refractivity contribution is -0.0852. The van der Waals surface area contributed by atoms with Crippen LogP contribution in [-0.4, -0.2) is 40.6 Å². The lowest BCUT2D eigenvalue weighted by Crippen LogP contribution is -2.55. The standard InChI is InChI=1S/C15H28N4O/c1-14(2)6-8-15(20-5,9-7-14)12(16-3)10-13-17-11-18-19(13)4/h11-12,16H,6-10H2,1-5H3. The van der Waals surface area contributed by atoms with Gasteiger partial charge >= 0.3 is 0 Å². The van der Waals surface area contributed by atoms with E-state index in [0.29, 0.717) is 5.41 Å². The Bertz CT molecular complexity index is 431. The first-order valence-corrected chi connectivity index (χ1v) is 7.48. The van der Waals surface area contributed by atoms with Crippen molar-refractivity contribution in [2.24, 2.45) is 12.5 Å². The van der Waals surface area contributed by atoms with E-state index < -0.39 is 0 Å². The fraction of sp³-hybridized carbons (Fsp3) is 0.867. The molecule has 1 aromatic rings. The highest BCUT2D eigenvalue weighted by Crippen LogP contribution is 2.43. The molecule has 0 radical (unpaired) electrons. The Hall–Kier alpha value is -0.940. The third kappa shape index (κ3) is 3.04. The van der Waals surface area contributed by atoms with Gasteiger partial charge in [-0.05, 0) is 38.1 Å². The lowest BCUT2D eigenvalue weighted by atomic mass is 9.68. The molecule has 5 heteroatoms. The molecule has 2 rings (SSSR count). The molecule has 0 aliphatic heterocycles. The number of methoxy groups -OCH3 is 1. The SMILES string of the molecule is CNC(Cc1ncnn1C)C1(OC)CCC(C)(C)CC1. The number of nitrogens with zero attached hydrogens (tertiary/aromatic N) is 3. The van der Waals surface area contributed by atoms with Crippen LogP contribution in [0.2, 0.25) is 0 Å². The van der Waals surface area contributed by atoms with Gasteiger partial charge in [-0.15, -0.1) is 0 Å². The summed E-state index contributed by atoms with van der Waals surface area (Å²) in [6.07, 6.45) is 7.07. The molecule has 1 aliphatic rings. The summed E-state index contributed by atoms with van der Waals surface area (Å²) in [5.41, 5.74) is 0.349. The maximum Gasteiger partial charge on any atom is 0.138 e. The van der Waals surface area contributed by atoms with Gasteiger partial charge in [-0.1, -0.05) is 13.8 Å². The molecule has 1 atom stereocenters. The number of aryl methyl sites for hydroxylation is 1. The Morgan fingerprint density at radius 2 is 2.00 bits per heavy atom. The molecular formula is C15H28N4O. The Kier molecular flexibility index (Phi) is 4.49. The Balaban J connectivity index is 2.14. The molecule has 1 unspecified atom stereocenters. The maximum atomic E-state index is 5.99. The first kappa shape index (κ1) is 15.4. The van der Waals surface area contributed by atoms with Crippen LogP contribution in [0.1, 0.15) is 45.4 Å². The fourth-order valence-electron chi connectivity index (χ4n) is 3.28. The van der Waals surface area contributed by atoms with Gasteiger partial charge in [0, 0.05) is 26.6 Å². The van der Waals surface area contributed by atoms with Gasteiger partial charge in [0.05, 0.1) is 5.60 Å². The summed E-state index contributed by atoms with van der Waals surface area (Å²) >= 11 is 0. The van der Waals surface area contributed by atoms with E-state index in [2.05, 4.69) is 29.2 Å². The van der Waals surface area contributed by atoms with Crippen LogP contribution in [0.3, 0.4) is 0 Å². The second-order valence-electron chi connectivity index (χ2n) is 6.78. The van der Waals surface area contributed by atoms with Gasteiger partial charge in [0.25, 0.3) is 0 Å². The maximum absolute atomic E-state index is 5.99. The summed E-state index contributed by atoms with van der Waals surface area (Å²) in [6.45, 7) is 4.70. The van der Waals surface area contributed by atoms with E-state index >= 15 is 0 Å². The van der Waals surface area contributed by atoms with E-state index in [1.54, 1.807) is 6.33 Å². The summed E-state index contributed by atoms with van der Waals surface area (Å²) in [5, 5.41) is 7.61. The predicted octanol–water partition coefficient (Wildman–Crippen LogP) is 1.93. The number of rotatable bonds is 5. The summed E-state index contributed by atoms with van der Waals surface area (Å²) in [5.74, 6) is 1.01. The van der Waals surface area contributed by atoms with E-state index in [-0.39, 0.29) is 11.6 Å². The lowest BCUT2D eigenvalue weighted by Gasteiger charge is -2.47. The monoisotopic (exact) mass is 280 g/mol. The summed E-state index contributed by atoms with van der Waals surface area (Å²) < 4.78 is 7.84. The Labute approximate surface area is 122 Å². The number of aromatic nitrogens is 3. The van der Waals surface area contributed by atoms with Crippen LogP contribution in [0.15, 0.2) is 6.33 Å². The first-order chi connectivity index (χ1) is 9.42. The average molecular weight is 280 g/mol. The van der Waals surface area contributed by atoms with Crippen LogP contribution in [-0.2, 0) is 18.2 Å². The van der Waals surface area contributed by atoms with Crippen molar-refractivity contribution in [3.8, 4) is 0 Å². The van der Waals surface area contributed by atoms with E-state index in [1.165, 1.54) is 12.8 Å². The van der Waals surface area contributed by atoms with E-state index in [4.69, 9.17) is 4.74 Å². The van der Waals surface area contributed by atoms with Crippen molar-refractivity contribution in [1.29, 1.82) is 0 Å². The van der Waals surface area contributed by atoms with Gasteiger partial charge in [-0.2, -0.15) is 5.10 Å². The summed E-state index contributed by atoms with van der Waals surface area (Å²) in [7, 11) is 5.80. The zero-order chi connectivity index (χ0) is 14.8. The molecule has 1 heterocycles. The number of likely N-dealkylation sites (N-methyl/N-ethyl adjacent to an activating group) is 1. The normalized spacial score (nSPS) is 22.6. The number of nitrogens with one attached hydrogen (secondary N) is 1. The molecule has 0 saturated heterocycles. The number of ether oxygens (including phenoxy) is 1. The minimum absolute atomic E-state index is 0.0871. The highest BCUT2D eigenvalue weighted by Gasteiger charge is 2.44. The number of hydrogen-bond donors (Lipinski definition) is 1. The van der Waals surface area contributed by atoms with Gasteiger partial charge in [0.15, 0.2) is 0 Å². The molecule has 0 amide bonds. The predicted molar refractivity (Wildman–Crippen MR) is 79.5 cm³/mol. The van der Waals surface area contributed by atoms with Crippen molar-refractivity contribution >= 4 is 0 Å². The van der Waals surface area contributed by atoms with E-state index in [9.17, 15) is 0 Å². The van der Waals surface area contributed by atoms with Gasteiger partial charge < -0.3 is 10.1 Å². The third-order valence-corrected chi connectivity index (χ3v) is 5.03. The molecular weight excluding hydrogens is 252 g/mol. The summed E-state index contributed by atoms with van der Waals surface area (Å²) in [6, 6.07) is 0.270. The third-order valence-electron chi connectivity index (χ3n) is 5.03. The van der Waals surface area contributed by atoms with E-state index in [0.717, 1.165) is 25.1 Å². The molecule has 20 heavy (non-hydrogen) atoms. The van der Waals surface area contributed by atoms with Crippen molar-refractivity contribution in [1.82, 2.24) is 20.1 Å². The van der Waals surface area contributed by atoms with Crippen LogP contribution in [0.5, 0.6) is 0 Å². The molecule has 1 N–H and O–H groups in total. The smallest absolute Gasteiger partial charge is 0.138 e. The first-order valence-electron chi connectivity index (χ1n) is 7.48. The minimum Gasteiger partial charge on any atom is -0.377 e. The number of hydrogen-bond acceptors (Lipinski definition) is 4. The minimum atomic E-state index is -0.0871. The second kappa shape index (κ2) is 5.82. The van der Waals surface area contributed by atoms with Crippen LogP contribution < -0.4 is 5.32 Å². The van der Waals surface area contributed by atoms with Crippen LogP contribution >= 0.6 is 0 Å². The Morgan fingerprint density at radius 1 is 1.35 bits per heavy atom. The van der Waals surface area contributed by atoms with Crippen LogP contribution in [0.25, 0.3) is 0 Å². The quantitative estimate of drug-likeness (QED) is 0.895. The highest BCUT2D eigenvalue weighted by molar-refractivity contribution is 5.02. The molecule has 1 aliphatic carbocycles. The Morgan fingerprint density at radius 3 is 2.45 bits per heavy atom. The van der Waals surface area contributed by atoms with Gasteiger partial charge in [-0.25, -0.2) is 4.98 Å². The zero-order valence-electron chi connectivity index (χ0n) is 13.4. The zero-order valence-corrected chi connectivity index (χ0v) is 13.4. The highest BCUT2D eigenvalue weighted by atomic mass is 16.5. The van der Waals surface area contributed by atoms with Gasteiger partial charge in [0.2, 0.25) is 0 Å². The second-order valence-corrected chi connectivity index (χ2v) is 6.78. The van der Waals surface area contributed by atoms with Crippen LogP contribution in [0, 0.1) is 5.41 Å². The topological polar surface area (TPSA) is 52.0 Å². The molecule has 0 aromatic carbocycles. The fourth-order valence-corrected chi connectivity index (χ4v) is 3.28.